The maximum Gasteiger partial charge on any atom is 0.294 e. The summed E-state index contributed by atoms with van der Waals surface area (Å²) in [5, 5.41) is 5.04. The van der Waals surface area contributed by atoms with Crippen molar-refractivity contribution < 1.29 is 18.8 Å². The molecule has 1 fully saturated rings. The van der Waals surface area contributed by atoms with Crippen LogP contribution >= 0.6 is 35.0 Å². The van der Waals surface area contributed by atoms with Crippen LogP contribution in [0.2, 0.25) is 10.0 Å². The molecule has 0 bridgehead atoms. The summed E-state index contributed by atoms with van der Waals surface area (Å²) in [5.74, 6) is -0.165. The minimum absolute atomic E-state index is 0.163. The van der Waals surface area contributed by atoms with Crippen molar-refractivity contribution in [2.75, 3.05) is 11.9 Å². The maximum atomic E-state index is 12.8. The van der Waals surface area contributed by atoms with Crippen molar-refractivity contribution in [1.82, 2.24) is 4.90 Å². The topological polar surface area (TPSA) is 79.6 Å². The summed E-state index contributed by atoms with van der Waals surface area (Å²) in [5.41, 5.74) is 1.26. The fraction of sp³-hybridized carbons (Fsp3) is 0.0385. The highest BCUT2D eigenvalue weighted by Gasteiger charge is 2.36. The molecule has 1 aromatic heterocycles. The van der Waals surface area contributed by atoms with E-state index in [1.54, 1.807) is 36.4 Å². The number of thioether (sulfide) groups is 1. The van der Waals surface area contributed by atoms with Crippen LogP contribution in [0.5, 0.6) is 0 Å². The van der Waals surface area contributed by atoms with Gasteiger partial charge in [0.05, 0.1) is 9.93 Å². The molecule has 3 aromatic carbocycles. The Labute approximate surface area is 214 Å². The summed E-state index contributed by atoms with van der Waals surface area (Å²) in [4.78, 5) is 39.1. The Bertz CT molecular complexity index is 1520. The third-order valence-electron chi connectivity index (χ3n) is 5.34. The second kappa shape index (κ2) is 9.62. The van der Waals surface area contributed by atoms with Gasteiger partial charge in [0.25, 0.3) is 11.1 Å². The van der Waals surface area contributed by atoms with Gasteiger partial charge >= 0.3 is 0 Å². The van der Waals surface area contributed by atoms with Crippen LogP contribution in [-0.4, -0.2) is 28.5 Å². The lowest BCUT2D eigenvalue weighted by Crippen LogP contribution is -2.36. The number of halogens is 2. The van der Waals surface area contributed by atoms with Gasteiger partial charge in [-0.15, -0.1) is 0 Å². The Kier molecular flexibility index (Phi) is 6.38. The van der Waals surface area contributed by atoms with Crippen molar-refractivity contribution >= 4 is 74.6 Å². The molecule has 2 heterocycles. The van der Waals surface area contributed by atoms with E-state index in [0.717, 1.165) is 27.4 Å². The Hall–Kier alpha value is -3.52. The van der Waals surface area contributed by atoms with Gasteiger partial charge in [0, 0.05) is 27.7 Å². The van der Waals surface area contributed by atoms with Crippen molar-refractivity contribution in [3.8, 4) is 11.3 Å². The smallest absolute Gasteiger partial charge is 0.294 e. The fourth-order valence-electron chi connectivity index (χ4n) is 3.70. The molecule has 0 aliphatic carbocycles. The highest BCUT2D eigenvalue weighted by Crippen LogP contribution is 2.35. The zero-order valence-electron chi connectivity index (χ0n) is 18.0. The standard InChI is InChI=1S/C26H16Cl2N2O4S/c27-16-8-10-19(20(28)12-16)22-11-9-17(34-22)13-23-25(32)30(26(33)35-23)14-24(31)29-21-7-3-5-15-4-1-2-6-18(15)21/h1-13H,14H2,(H,29,31)/b23-13+. The second-order valence-corrected chi connectivity index (χ2v) is 9.51. The Morgan fingerprint density at radius 2 is 1.80 bits per heavy atom. The lowest BCUT2D eigenvalue weighted by atomic mass is 10.1. The van der Waals surface area contributed by atoms with Gasteiger partial charge in [0.2, 0.25) is 5.91 Å². The first-order chi connectivity index (χ1) is 16.9. The number of nitrogens with zero attached hydrogens (tertiary/aromatic N) is 1. The van der Waals surface area contributed by atoms with E-state index in [0.29, 0.717) is 32.8 Å². The SMILES string of the molecule is O=C(CN1C(=O)S/C(=C/c2ccc(-c3ccc(Cl)cc3Cl)o2)C1=O)Nc1cccc2ccccc12. The number of nitrogens with one attached hydrogen (secondary N) is 1. The van der Waals surface area contributed by atoms with Gasteiger partial charge in [0.1, 0.15) is 18.1 Å². The molecule has 0 radical (unpaired) electrons. The first-order valence-electron chi connectivity index (χ1n) is 10.5. The van der Waals surface area contributed by atoms with Crippen LogP contribution in [0.1, 0.15) is 5.76 Å². The number of carbonyl (C=O) groups excluding carboxylic acids is 3. The third-order valence-corrected chi connectivity index (χ3v) is 6.79. The molecule has 3 amide bonds. The van der Waals surface area contributed by atoms with Gasteiger partial charge in [-0.25, -0.2) is 0 Å². The molecule has 6 nitrogen and oxygen atoms in total. The number of furan rings is 1. The van der Waals surface area contributed by atoms with E-state index in [4.69, 9.17) is 27.6 Å². The first-order valence-corrected chi connectivity index (χ1v) is 12.0. The number of amides is 3. The summed E-state index contributed by atoms with van der Waals surface area (Å²) in [6.07, 6.45) is 1.47. The van der Waals surface area contributed by atoms with E-state index in [9.17, 15) is 14.4 Å². The number of rotatable bonds is 5. The molecule has 0 unspecified atom stereocenters. The van der Waals surface area contributed by atoms with Crippen molar-refractivity contribution in [2.45, 2.75) is 0 Å². The highest BCUT2D eigenvalue weighted by atomic mass is 35.5. The molecule has 1 aliphatic rings. The van der Waals surface area contributed by atoms with E-state index < -0.39 is 23.6 Å². The summed E-state index contributed by atoms with van der Waals surface area (Å²) in [6, 6.07) is 21.6. The van der Waals surface area contributed by atoms with Gasteiger partial charge in [-0.05, 0) is 53.5 Å². The monoisotopic (exact) mass is 522 g/mol. The fourth-order valence-corrected chi connectivity index (χ4v) is 5.02. The lowest BCUT2D eigenvalue weighted by molar-refractivity contribution is -0.127. The number of carbonyl (C=O) groups is 3. The average Bonchev–Trinajstić information content (AvgIpc) is 3.39. The zero-order chi connectivity index (χ0) is 24.5. The van der Waals surface area contributed by atoms with Crippen LogP contribution in [0.15, 0.2) is 82.1 Å². The minimum atomic E-state index is -0.560. The molecular weight excluding hydrogens is 507 g/mol. The number of benzene rings is 3. The molecule has 1 N–H and O–H groups in total. The molecule has 4 aromatic rings. The van der Waals surface area contributed by atoms with Gasteiger partial charge in [-0.1, -0.05) is 59.6 Å². The maximum absolute atomic E-state index is 12.8. The second-order valence-electron chi connectivity index (χ2n) is 7.67. The van der Waals surface area contributed by atoms with Gasteiger partial charge in [-0.3, -0.25) is 19.3 Å². The molecule has 5 rings (SSSR count). The molecule has 35 heavy (non-hydrogen) atoms. The van der Waals surface area contributed by atoms with Crippen molar-refractivity contribution in [3.63, 3.8) is 0 Å². The van der Waals surface area contributed by atoms with E-state index in [1.807, 2.05) is 36.4 Å². The predicted octanol–water partition coefficient (Wildman–Crippen LogP) is 7.08. The quantitative estimate of drug-likeness (QED) is 0.283. The normalized spacial score (nSPS) is 14.8. The Morgan fingerprint density at radius 1 is 1.00 bits per heavy atom. The van der Waals surface area contributed by atoms with Crippen molar-refractivity contribution in [1.29, 1.82) is 0 Å². The third kappa shape index (κ3) is 4.84. The van der Waals surface area contributed by atoms with Gasteiger partial charge < -0.3 is 9.73 Å². The summed E-state index contributed by atoms with van der Waals surface area (Å²) in [7, 11) is 0. The number of hydrogen-bond acceptors (Lipinski definition) is 5. The van der Waals surface area contributed by atoms with Gasteiger partial charge in [0.15, 0.2) is 0 Å². The van der Waals surface area contributed by atoms with E-state index >= 15 is 0 Å². The van der Waals surface area contributed by atoms with E-state index in [1.165, 1.54) is 6.08 Å². The molecule has 174 valence electrons. The van der Waals surface area contributed by atoms with E-state index in [2.05, 4.69) is 5.32 Å². The molecule has 1 aliphatic heterocycles. The number of hydrogen-bond donors (Lipinski definition) is 1. The Morgan fingerprint density at radius 3 is 2.63 bits per heavy atom. The van der Waals surface area contributed by atoms with Crippen LogP contribution in [-0.2, 0) is 9.59 Å². The van der Waals surface area contributed by atoms with Crippen LogP contribution < -0.4 is 5.32 Å². The summed E-state index contributed by atoms with van der Waals surface area (Å²) < 4.78 is 5.79. The molecular formula is C26H16Cl2N2O4S. The first kappa shape index (κ1) is 23.2. The molecule has 1 saturated heterocycles. The molecule has 0 saturated carbocycles. The zero-order valence-corrected chi connectivity index (χ0v) is 20.3. The van der Waals surface area contributed by atoms with Crippen molar-refractivity contribution in [3.05, 3.63) is 93.5 Å². The summed E-state index contributed by atoms with van der Waals surface area (Å²) in [6.45, 7) is -0.394. The van der Waals surface area contributed by atoms with E-state index in [-0.39, 0.29) is 4.91 Å². The lowest BCUT2D eigenvalue weighted by Gasteiger charge is -2.13. The number of anilines is 1. The minimum Gasteiger partial charge on any atom is -0.457 e. The molecule has 0 atom stereocenters. The number of fused-ring (bicyclic) bond motifs is 1. The molecule has 0 spiro atoms. The largest absolute Gasteiger partial charge is 0.457 e. The highest BCUT2D eigenvalue weighted by molar-refractivity contribution is 8.18. The van der Waals surface area contributed by atoms with Crippen LogP contribution in [0.4, 0.5) is 10.5 Å². The predicted molar refractivity (Wildman–Crippen MR) is 139 cm³/mol. The number of imide groups is 1. The molecule has 9 heteroatoms. The van der Waals surface area contributed by atoms with Crippen LogP contribution in [0, 0.1) is 0 Å². The Balaban J connectivity index is 1.30. The summed E-state index contributed by atoms with van der Waals surface area (Å²) >= 11 is 12.9. The van der Waals surface area contributed by atoms with Gasteiger partial charge in [-0.2, -0.15) is 0 Å². The van der Waals surface area contributed by atoms with Crippen LogP contribution in [0.3, 0.4) is 0 Å². The van der Waals surface area contributed by atoms with Crippen molar-refractivity contribution in [2.24, 2.45) is 0 Å². The average molecular weight is 523 g/mol. The van der Waals surface area contributed by atoms with Crippen LogP contribution in [0.25, 0.3) is 28.2 Å².